The van der Waals surface area contributed by atoms with Gasteiger partial charge >= 0.3 is 0 Å². The van der Waals surface area contributed by atoms with E-state index >= 15 is 0 Å². The van der Waals surface area contributed by atoms with Crippen molar-refractivity contribution in [3.05, 3.63) is 17.7 Å². The lowest BCUT2D eigenvalue weighted by molar-refractivity contribution is -0.116. The van der Waals surface area contributed by atoms with Crippen LogP contribution in [0.5, 0.6) is 11.5 Å². The van der Waals surface area contributed by atoms with E-state index in [1.54, 1.807) is 0 Å². The van der Waals surface area contributed by atoms with Gasteiger partial charge in [-0.05, 0) is 19.9 Å². The third-order valence-electron chi connectivity index (χ3n) is 4.38. The van der Waals surface area contributed by atoms with Gasteiger partial charge in [0.25, 0.3) is 0 Å². The number of amides is 1. The van der Waals surface area contributed by atoms with Gasteiger partial charge < -0.3 is 14.8 Å². The third kappa shape index (κ3) is 4.11. The van der Waals surface area contributed by atoms with E-state index in [2.05, 4.69) is 21.5 Å². The number of fused-ring (bicyclic) bond motifs is 1. The Morgan fingerprint density at radius 1 is 1.48 bits per heavy atom. The Morgan fingerprint density at radius 2 is 2.28 bits per heavy atom. The number of terminal acetylenes is 1. The Kier molecular flexibility index (Phi) is 4.93. The quantitative estimate of drug-likeness (QED) is 0.733. The molecular formula is C19H23N3O3. The highest BCUT2D eigenvalue weighted by Gasteiger charge is 2.39. The molecule has 0 aliphatic carbocycles. The van der Waals surface area contributed by atoms with Crippen LogP contribution in [0.3, 0.4) is 0 Å². The van der Waals surface area contributed by atoms with Crippen LogP contribution in [0, 0.1) is 12.3 Å². The third-order valence-corrected chi connectivity index (χ3v) is 4.38. The van der Waals surface area contributed by atoms with E-state index in [-0.39, 0.29) is 12.0 Å². The monoisotopic (exact) mass is 341 g/mol. The van der Waals surface area contributed by atoms with Gasteiger partial charge in [0.05, 0.1) is 12.3 Å². The SMILES string of the molecule is C#CCCC1(CCC(=O)Nc2cc3c(cc2OCC)CC(C)O3)N=N1. The molecule has 1 aromatic carbocycles. The topological polar surface area (TPSA) is 72.3 Å². The maximum atomic E-state index is 12.4. The molecule has 0 bridgehead atoms. The summed E-state index contributed by atoms with van der Waals surface area (Å²) in [5, 5.41) is 11.0. The number of carbonyl (C=O) groups is 1. The summed E-state index contributed by atoms with van der Waals surface area (Å²) >= 11 is 0. The Bertz CT molecular complexity index is 730. The van der Waals surface area contributed by atoms with E-state index in [0.717, 1.165) is 17.7 Å². The summed E-state index contributed by atoms with van der Waals surface area (Å²) in [6, 6.07) is 3.81. The maximum Gasteiger partial charge on any atom is 0.224 e. The molecule has 132 valence electrons. The highest BCUT2D eigenvalue weighted by Crippen LogP contribution is 2.39. The van der Waals surface area contributed by atoms with Gasteiger partial charge in [0.1, 0.15) is 17.6 Å². The number of hydrogen-bond acceptors (Lipinski definition) is 5. The van der Waals surface area contributed by atoms with E-state index in [4.69, 9.17) is 15.9 Å². The molecule has 2 aliphatic rings. The van der Waals surface area contributed by atoms with Gasteiger partial charge in [-0.15, -0.1) is 12.3 Å². The number of rotatable bonds is 8. The van der Waals surface area contributed by atoms with Crippen molar-refractivity contribution in [2.45, 2.75) is 57.7 Å². The Labute approximate surface area is 148 Å². The Hall–Kier alpha value is -2.55. The summed E-state index contributed by atoms with van der Waals surface area (Å²) in [5.74, 6) is 3.98. The van der Waals surface area contributed by atoms with Gasteiger partial charge in [0.2, 0.25) is 5.91 Å². The predicted octanol–water partition coefficient (Wildman–Crippen LogP) is 3.70. The first kappa shape index (κ1) is 17.3. The zero-order valence-corrected chi connectivity index (χ0v) is 14.7. The van der Waals surface area contributed by atoms with Crippen LogP contribution in [0.15, 0.2) is 22.4 Å². The number of hydrogen-bond donors (Lipinski definition) is 1. The van der Waals surface area contributed by atoms with Crippen LogP contribution < -0.4 is 14.8 Å². The lowest BCUT2D eigenvalue weighted by Crippen LogP contribution is -2.18. The van der Waals surface area contributed by atoms with Crippen LogP contribution in [0.25, 0.3) is 0 Å². The molecule has 1 amide bonds. The first-order valence-electron chi connectivity index (χ1n) is 8.69. The lowest BCUT2D eigenvalue weighted by Gasteiger charge is -2.14. The van der Waals surface area contributed by atoms with Crippen molar-refractivity contribution in [1.29, 1.82) is 0 Å². The second-order valence-electron chi connectivity index (χ2n) is 6.46. The first-order chi connectivity index (χ1) is 12.0. The summed E-state index contributed by atoms with van der Waals surface area (Å²) < 4.78 is 11.5. The van der Waals surface area contributed by atoms with Crippen LogP contribution >= 0.6 is 0 Å². The molecule has 2 aliphatic heterocycles. The smallest absolute Gasteiger partial charge is 0.224 e. The number of ether oxygens (including phenoxy) is 2. The minimum absolute atomic E-state index is 0.0932. The van der Waals surface area contributed by atoms with Crippen LogP contribution in [0.2, 0.25) is 0 Å². The van der Waals surface area contributed by atoms with E-state index in [1.807, 2.05) is 26.0 Å². The molecule has 0 spiro atoms. The molecule has 2 heterocycles. The largest absolute Gasteiger partial charge is 0.492 e. The molecule has 6 heteroatoms. The van der Waals surface area contributed by atoms with Crippen LogP contribution in [0.4, 0.5) is 5.69 Å². The zero-order valence-electron chi connectivity index (χ0n) is 14.7. The summed E-state index contributed by atoms with van der Waals surface area (Å²) in [6.45, 7) is 4.48. The van der Waals surface area contributed by atoms with E-state index in [1.165, 1.54) is 0 Å². The van der Waals surface area contributed by atoms with Crippen molar-refractivity contribution < 1.29 is 14.3 Å². The van der Waals surface area contributed by atoms with Crippen molar-refractivity contribution in [3.63, 3.8) is 0 Å². The highest BCUT2D eigenvalue weighted by molar-refractivity contribution is 5.92. The fourth-order valence-corrected chi connectivity index (χ4v) is 3.01. The normalized spacial score (nSPS) is 18.8. The van der Waals surface area contributed by atoms with Gasteiger partial charge in [0, 0.05) is 43.7 Å². The van der Waals surface area contributed by atoms with Crippen molar-refractivity contribution >= 4 is 11.6 Å². The molecule has 0 saturated carbocycles. The van der Waals surface area contributed by atoms with E-state index in [9.17, 15) is 4.79 Å². The fourth-order valence-electron chi connectivity index (χ4n) is 3.01. The number of nitrogens with one attached hydrogen (secondary N) is 1. The van der Waals surface area contributed by atoms with Crippen molar-refractivity contribution in [2.24, 2.45) is 10.2 Å². The average molecular weight is 341 g/mol. The molecular weight excluding hydrogens is 318 g/mol. The summed E-state index contributed by atoms with van der Waals surface area (Å²) in [4.78, 5) is 12.4. The molecule has 6 nitrogen and oxygen atoms in total. The molecule has 0 radical (unpaired) electrons. The molecule has 25 heavy (non-hydrogen) atoms. The van der Waals surface area contributed by atoms with Crippen molar-refractivity contribution in [2.75, 3.05) is 11.9 Å². The number of carbonyl (C=O) groups excluding carboxylic acids is 1. The number of benzene rings is 1. The van der Waals surface area contributed by atoms with Gasteiger partial charge in [-0.25, -0.2) is 0 Å². The molecule has 1 N–H and O–H groups in total. The number of anilines is 1. The first-order valence-corrected chi connectivity index (χ1v) is 8.69. The molecule has 0 fully saturated rings. The molecule has 0 saturated heterocycles. The predicted molar refractivity (Wildman–Crippen MR) is 94.9 cm³/mol. The average Bonchev–Trinajstić information content (AvgIpc) is 3.26. The van der Waals surface area contributed by atoms with Crippen LogP contribution in [0.1, 0.15) is 45.1 Å². The highest BCUT2D eigenvalue weighted by atomic mass is 16.5. The summed E-state index contributed by atoms with van der Waals surface area (Å²) in [6.07, 6.45) is 8.50. The Balaban J connectivity index is 1.63. The minimum Gasteiger partial charge on any atom is -0.492 e. The molecule has 1 aromatic rings. The lowest BCUT2D eigenvalue weighted by atomic mass is 10.0. The van der Waals surface area contributed by atoms with Gasteiger partial charge in [-0.1, -0.05) is 0 Å². The van der Waals surface area contributed by atoms with Crippen LogP contribution in [-0.2, 0) is 11.2 Å². The van der Waals surface area contributed by atoms with Gasteiger partial charge in [-0.2, -0.15) is 10.2 Å². The zero-order chi connectivity index (χ0) is 17.9. The van der Waals surface area contributed by atoms with Crippen molar-refractivity contribution in [3.8, 4) is 23.8 Å². The summed E-state index contributed by atoms with van der Waals surface area (Å²) in [5.41, 5.74) is 1.31. The van der Waals surface area contributed by atoms with Gasteiger partial charge in [-0.3, -0.25) is 4.79 Å². The molecule has 0 aromatic heterocycles. The fraction of sp³-hybridized carbons (Fsp3) is 0.526. The molecule has 1 unspecified atom stereocenters. The van der Waals surface area contributed by atoms with Crippen molar-refractivity contribution in [1.82, 2.24) is 0 Å². The molecule has 3 rings (SSSR count). The summed E-state index contributed by atoms with van der Waals surface area (Å²) in [7, 11) is 0. The van der Waals surface area contributed by atoms with Gasteiger partial charge in [0.15, 0.2) is 5.66 Å². The number of nitrogens with zero attached hydrogens (tertiary/aromatic N) is 2. The molecule has 1 atom stereocenters. The Morgan fingerprint density at radius 3 is 2.96 bits per heavy atom. The standard InChI is InChI=1S/C19H23N3O3/c1-4-6-8-19(21-22-19)9-7-18(23)20-15-12-16-14(10-13(3)25-16)11-17(15)24-5-2/h1,11-13H,5-10H2,2-3H3,(H,20,23). The van der Waals surface area contributed by atoms with E-state index < -0.39 is 5.66 Å². The maximum absolute atomic E-state index is 12.4. The van der Waals surface area contributed by atoms with Crippen LogP contribution in [-0.4, -0.2) is 24.3 Å². The second-order valence-corrected chi connectivity index (χ2v) is 6.46. The minimum atomic E-state index is -0.442. The second kappa shape index (κ2) is 7.14. The van der Waals surface area contributed by atoms with E-state index in [0.29, 0.717) is 43.7 Å².